The Morgan fingerprint density at radius 2 is 1.80 bits per heavy atom. The van der Waals surface area contributed by atoms with Crippen molar-refractivity contribution in [1.29, 1.82) is 0 Å². The number of hydrogen-bond acceptors (Lipinski definition) is 5. The summed E-state index contributed by atoms with van der Waals surface area (Å²) in [5.74, 6) is 2.78. The van der Waals surface area contributed by atoms with Crippen molar-refractivity contribution < 1.29 is 4.74 Å². The van der Waals surface area contributed by atoms with E-state index >= 15 is 0 Å². The Hall–Kier alpha value is -2.10. The monoisotopic (exact) mass is 522 g/mol. The summed E-state index contributed by atoms with van der Waals surface area (Å²) in [6.45, 7) is 7.38. The molecule has 1 saturated carbocycles. The van der Waals surface area contributed by atoms with Crippen LogP contribution in [0.15, 0.2) is 47.7 Å². The van der Waals surface area contributed by atoms with E-state index in [4.69, 9.17) is 9.73 Å². The Morgan fingerprint density at radius 3 is 2.43 bits per heavy atom. The molecule has 162 valence electrons. The molecule has 0 unspecified atom stereocenters. The van der Waals surface area contributed by atoms with Crippen molar-refractivity contribution in [2.24, 2.45) is 4.99 Å². The summed E-state index contributed by atoms with van der Waals surface area (Å²) in [6, 6.07) is 10.2. The number of aromatic nitrogens is 2. The van der Waals surface area contributed by atoms with Crippen molar-refractivity contribution >= 4 is 35.9 Å². The van der Waals surface area contributed by atoms with Crippen LogP contribution in [0.4, 0.5) is 5.95 Å². The molecule has 2 aliphatic rings. The van der Waals surface area contributed by atoms with Gasteiger partial charge in [-0.1, -0.05) is 18.2 Å². The third kappa shape index (κ3) is 4.96. The zero-order valence-corrected chi connectivity index (χ0v) is 20.1. The van der Waals surface area contributed by atoms with Gasteiger partial charge in [0.2, 0.25) is 5.95 Å². The summed E-state index contributed by atoms with van der Waals surface area (Å²) < 4.78 is 5.60. The number of anilines is 1. The third-order valence-corrected chi connectivity index (χ3v) is 5.81. The molecule has 1 saturated heterocycles. The Morgan fingerprint density at radius 1 is 1.10 bits per heavy atom. The van der Waals surface area contributed by atoms with E-state index in [2.05, 4.69) is 50.2 Å². The number of guanidine groups is 1. The van der Waals surface area contributed by atoms with Gasteiger partial charge in [-0.25, -0.2) is 9.97 Å². The zero-order valence-electron chi connectivity index (χ0n) is 17.8. The highest BCUT2D eigenvalue weighted by atomic mass is 127. The summed E-state index contributed by atoms with van der Waals surface area (Å²) in [7, 11) is 1.75. The average molecular weight is 522 g/mol. The maximum atomic E-state index is 5.60. The number of piperazine rings is 1. The number of aliphatic imine (C=N–C) groups is 1. The van der Waals surface area contributed by atoms with Gasteiger partial charge in [0.1, 0.15) is 5.75 Å². The molecule has 1 aromatic carbocycles. The highest BCUT2D eigenvalue weighted by molar-refractivity contribution is 14.0. The van der Waals surface area contributed by atoms with Gasteiger partial charge in [-0.3, -0.25) is 4.99 Å². The van der Waals surface area contributed by atoms with Crippen LogP contribution in [0, 0.1) is 0 Å². The molecule has 4 rings (SSSR count). The quantitative estimate of drug-likeness (QED) is 0.358. The first-order valence-corrected chi connectivity index (χ1v) is 10.4. The van der Waals surface area contributed by atoms with Gasteiger partial charge >= 0.3 is 0 Å². The van der Waals surface area contributed by atoms with E-state index in [1.54, 1.807) is 19.5 Å². The predicted octanol–water partition coefficient (Wildman–Crippen LogP) is 2.92. The van der Waals surface area contributed by atoms with Crippen molar-refractivity contribution in [1.82, 2.24) is 20.2 Å². The van der Waals surface area contributed by atoms with Gasteiger partial charge in [0, 0.05) is 56.1 Å². The minimum Gasteiger partial charge on any atom is -0.496 e. The molecule has 2 aromatic rings. The van der Waals surface area contributed by atoms with Crippen LogP contribution in [-0.4, -0.2) is 67.2 Å². The van der Waals surface area contributed by atoms with Crippen LogP contribution < -0.4 is 15.0 Å². The fourth-order valence-corrected chi connectivity index (χ4v) is 3.97. The van der Waals surface area contributed by atoms with Crippen molar-refractivity contribution in [2.45, 2.75) is 25.2 Å². The fraction of sp³-hybridized carbons (Fsp3) is 0.500. The standard InChI is InChI=1S/C22H30N6O.HI/c1-3-23-20(27-13-15-28(16-14-27)21-24-11-6-12-25-21)26-17-22(9-10-22)18-7-4-5-8-19(18)29-2;/h4-8,11-12H,3,9-10,13-17H2,1-2H3,(H,23,26);1H. The Labute approximate surface area is 196 Å². The molecule has 1 aliphatic heterocycles. The number of hydrogen-bond donors (Lipinski definition) is 1. The van der Waals surface area contributed by atoms with E-state index in [-0.39, 0.29) is 29.4 Å². The summed E-state index contributed by atoms with van der Waals surface area (Å²) in [5.41, 5.74) is 1.40. The molecule has 0 radical (unpaired) electrons. The highest BCUT2D eigenvalue weighted by Crippen LogP contribution is 2.51. The van der Waals surface area contributed by atoms with Gasteiger partial charge in [-0.05, 0) is 31.9 Å². The van der Waals surface area contributed by atoms with Crippen LogP contribution in [-0.2, 0) is 5.41 Å². The molecular weight excluding hydrogens is 491 g/mol. The van der Waals surface area contributed by atoms with Gasteiger partial charge in [0.15, 0.2) is 5.96 Å². The van der Waals surface area contributed by atoms with Gasteiger partial charge in [-0.15, -0.1) is 24.0 Å². The molecule has 1 aromatic heterocycles. The van der Waals surface area contributed by atoms with E-state index in [1.807, 2.05) is 12.1 Å². The number of methoxy groups -OCH3 is 1. The Kier molecular flexibility index (Phi) is 7.74. The van der Waals surface area contributed by atoms with E-state index in [0.29, 0.717) is 0 Å². The number of ether oxygens (including phenoxy) is 1. The summed E-state index contributed by atoms with van der Waals surface area (Å²) >= 11 is 0. The molecule has 0 bridgehead atoms. The number of nitrogens with zero attached hydrogens (tertiary/aromatic N) is 5. The van der Waals surface area contributed by atoms with Gasteiger partial charge < -0.3 is 19.9 Å². The molecule has 1 N–H and O–H groups in total. The predicted molar refractivity (Wildman–Crippen MR) is 131 cm³/mol. The first-order chi connectivity index (χ1) is 14.3. The lowest BCUT2D eigenvalue weighted by Gasteiger charge is -2.36. The molecule has 30 heavy (non-hydrogen) atoms. The normalized spacial score (nSPS) is 17.9. The largest absolute Gasteiger partial charge is 0.496 e. The maximum absolute atomic E-state index is 5.60. The van der Waals surface area contributed by atoms with Gasteiger partial charge in [-0.2, -0.15) is 0 Å². The van der Waals surface area contributed by atoms with Crippen LogP contribution in [0.2, 0.25) is 0 Å². The molecule has 8 heteroatoms. The van der Waals surface area contributed by atoms with E-state index < -0.39 is 0 Å². The van der Waals surface area contributed by atoms with Crippen LogP contribution in [0.3, 0.4) is 0 Å². The molecule has 0 spiro atoms. The molecule has 2 fully saturated rings. The lowest BCUT2D eigenvalue weighted by Crippen LogP contribution is -2.53. The molecule has 1 aliphatic carbocycles. The van der Waals surface area contributed by atoms with Crippen LogP contribution in [0.25, 0.3) is 0 Å². The number of para-hydroxylation sites is 1. The third-order valence-electron chi connectivity index (χ3n) is 5.81. The lowest BCUT2D eigenvalue weighted by molar-refractivity contribution is 0.369. The summed E-state index contributed by atoms with van der Waals surface area (Å²) in [5, 5.41) is 3.48. The maximum Gasteiger partial charge on any atom is 0.225 e. The number of nitrogens with one attached hydrogen (secondary N) is 1. The van der Waals surface area contributed by atoms with Crippen LogP contribution in [0.1, 0.15) is 25.3 Å². The van der Waals surface area contributed by atoms with Gasteiger partial charge in [0.25, 0.3) is 0 Å². The molecule has 0 atom stereocenters. The first kappa shape index (κ1) is 22.6. The summed E-state index contributed by atoms with van der Waals surface area (Å²) in [6.07, 6.45) is 5.92. The molecular formula is C22H31IN6O. The summed E-state index contributed by atoms with van der Waals surface area (Å²) in [4.78, 5) is 18.4. The van der Waals surface area contributed by atoms with E-state index in [0.717, 1.165) is 69.8 Å². The van der Waals surface area contributed by atoms with Crippen molar-refractivity contribution in [3.05, 3.63) is 48.3 Å². The van der Waals surface area contributed by atoms with Gasteiger partial charge in [0.05, 0.1) is 13.7 Å². The second kappa shape index (κ2) is 10.3. The van der Waals surface area contributed by atoms with Crippen molar-refractivity contribution in [2.75, 3.05) is 51.3 Å². The van der Waals surface area contributed by atoms with Crippen molar-refractivity contribution in [3.63, 3.8) is 0 Å². The topological polar surface area (TPSA) is 65.9 Å². The number of benzene rings is 1. The lowest BCUT2D eigenvalue weighted by atomic mass is 9.95. The number of halogens is 1. The smallest absolute Gasteiger partial charge is 0.225 e. The first-order valence-electron chi connectivity index (χ1n) is 10.4. The fourth-order valence-electron chi connectivity index (χ4n) is 3.97. The van der Waals surface area contributed by atoms with E-state index in [9.17, 15) is 0 Å². The van der Waals surface area contributed by atoms with Crippen LogP contribution in [0.5, 0.6) is 5.75 Å². The molecule has 2 heterocycles. The second-order valence-corrected chi connectivity index (χ2v) is 7.67. The SMILES string of the molecule is CCNC(=NCC1(c2ccccc2OC)CC1)N1CCN(c2ncccn2)CC1.I. The second-order valence-electron chi connectivity index (χ2n) is 7.67. The minimum atomic E-state index is 0. The Balaban J connectivity index is 0.00000256. The van der Waals surface area contributed by atoms with Crippen molar-refractivity contribution in [3.8, 4) is 5.75 Å². The van der Waals surface area contributed by atoms with Crippen LogP contribution >= 0.6 is 24.0 Å². The zero-order chi connectivity index (χ0) is 20.1. The molecule has 7 nitrogen and oxygen atoms in total. The molecule has 0 amide bonds. The average Bonchev–Trinajstić information content (AvgIpc) is 3.58. The number of rotatable bonds is 6. The van der Waals surface area contributed by atoms with E-state index in [1.165, 1.54) is 5.56 Å². The highest BCUT2D eigenvalue weighted by Gasteiger charge is 2.46. The Bertz CT molecular complexity index is 835. The minimum absolute atomic E-state index is 0.